The maximum Gasteiger partial charge on any atom is 0.257 e. The minimum absolute atomic E-state index is 0.146. The van der Waals surface area contributed by atoms with Crippen LogP contribution in [-0.2, 0) is 0 Å². The number of hydrogen-bond acceptors (Lipinski definition) is 3. The molecular weight excluding hydrogens is 424 g/mol. The Hall–Kier alpha value is -4.02. The maximum atomic E-state index is 12.9. The van der Waals surface area contributed by atoms with Gasteiger partial charge in [-0.05, 0) is 35.2 Å². The fourth-order valence-electron chi connectivity index (χ4n) is 3.80. The van der Waals surface area contributed by atoms with E-state index in [1.165, 1.54) is 22.5 Å². The minimum atomic E-state index is -0.146. The lowest BCUT2D eigenvalue weighted by molar-refractivity contribution is 0.102. The average molecular weight is 447 g/mol. The predicted octanol–water partition coefficient (Wildman–Crippen LogP) is 7.70. The Balaban J connectivity index is 1.52. The molecule has 0 radical (unpaired) electrons. The molecule has 1 N–H and O–H groups in total. The van der Waals surface area contributed by atoms with Gasteiger partial charge in [-0.15, -0.1) is 0 Å². The van der Waals surface area contributed by atoms with E-state index in [4.69, 9.17) is 4.98 Å². The number of anilines is 1. The summed E-state index contributed by atoms with van der Waals surface area (Å²) in [6.07, 6.45) is 0. The highest BCUT2D eigenvalue weighted by Crippen LogP contribution is 2.39. The third-order valence-corrected chi connectivity index (χ3v) is 6.56. The highest BCUT2D eigenvalue weighted by atomic mass is 32.1. The standard InChI is InChI=1S/C29H22N2OS/c1-20-10-8-9-15-25(20)28(32)31-29-30-26(23-13-6-3-7-14-23)27(33-29)24-18-16-22(17-19-24)21-11-4-2-5-12-21/h2-19H,1H3,(H,30,31,32). The number of benzene rings is 4. The number of hydrogen-bond donors (Lipinski definition) is 1. The van der Waals surface area contributed by atoms with Gasteiger partial charge in [-0.25, -0.2) is 4.98 Å². The third kappa shape index (κ3) is 4.47. The normalized spacial score (nSPS) is 10.7. The van der Waals surface area contributed by atoms with E-state index in [2.05, 4.69) is 41.7 Å². The molecule has 0 aliphatic rings. The van der Waals surface area contributed by atoms with Crippen LogP contribution >= 0.6 is 11.3 Å². The number of aromatic nitrogens is 1. The Labute approximate surface area is 197 Å². The fraction of sp³-hybridized carbons (Fsp3) is 0.0345. The maximum absolute atomic E-state index is 12.9. The van der Waals surface area contributed by atoms with Gasteiger partial charge in [0.1, 0.15) is 0 Å². The largest absolute Gasteiger partial charge is 0.298 e. The third-order valence-electron chi connectivity index (χ3n) is 5.54. The van der Waals surface area contributed by atoms with Crippen LogP contribution in [0.3, 0.4) is 0 Å². The van der Waals surface area contributed by atoms with Gasteiger partial charge in [0.05, 0.1) is 10.6 Å². The Morgan fingerprint density at radius 1 is 0.667 bits per heavy atom. The molecule has 0 saturated heterocycles. The van der Waals surface area contributed by atoms with Crippen molar-refractivity contribution in [2.45, 2.75) is 6.92 Å². The van der Waals surface area contributed by atoms with Gasteiger partial charge in [-0.1, -0.05) is 114 Å². The van der Waals surface area contributed by atoms with Crippen molar-refractivity contribution in [3.63, 3.8) is 0 Å². The molecule has 4 heteroatoms. The summed E-state index contributed by atoms with van der Waals surface area (Å²) in [5.41, 5.74) is 6.90. The second-order valence-electron chi connectivity index (χ2n) is 7.78. The molecule has 0 fully saturated rings. The van der Waals surface area contributed by atoms with E-state index in [0.29, 0.717) is 10.7 Å². The van der Waals surface area contributed by atoms with Crippen molar-refractivity contribution in [1.29, 1.82) is 0 Å². The molecule has 4 aromatic carbocycles. The van der Waals surface area contributed by atoms with Crippen LogP contribution in [0.1, 0.15) is 15.9 Å². The molecule has 0 bridgehead atoms. The van der Waals surface area contributed by atoms with Crippen LogP contribution < -0.4 is 5.32 Å². The van der Waals surface area contributed by atoms with Crippen LogP contribution in [0.2, 0.25) is 0 Å². The fourth-order valence-corrected chi connectivity index (χ4v) is 4.79. The zero-order valence-corrected chi connectivity index (χ0v) is 19.0. The Morgan fingerprint density at radius 2 is 1.21 bits per heavy atom. The Morgan fingerprint density at radius 3 is 1.88 bits per heavy atom. The second kappa shape index (κ2) is 9.23. The molecule has 0 unspecified atom stereocenters. The molecule has 0 saturated carbocycles. The first-order valence-electron chi connectivity index (χ1n) is 10.8. The molecule has 0 aliphatic heterocycles. The molecule has 160 valence electrons. The molecule has 1 aromatic heterocycles. The van der Waals surface area contributed by atoms with Gasteiger partial charge in [-0.2, -0.15) is 0 Å². The first-order valence-corrected chi connectivity index (χ1v) is 11.6. The smallest absolute Gasteiger partial charge is 0.257 e. The average Bonchev–Trinajstić information content (AvgIpc) is 3.29. The Kier molecular flexibility index (Phi) is 5.83. The molecular formula is C29H22N2OS. The first-order chi connectivity index (χ1) is 16.2. The molecule has 1 amide bonds. The molecule has 0 atom stereocenters. The van der Waals surface area contributed by atoms with Crippen LogP contribution in [-0.4, -0.2) is 10.9 Å². The first kappa shape index (κ1) is 20.9. The van der Waals surface area contributed by atoms with E-state index < -0.39 is 0 Å². The van der Waals surface area contributed by atoms with Crippen molar-refractivity contribution in [3.8, 4) is 32.8 Å². The second-order valence-corrected chi connectivity index (χ2v) is 8.77. The number of aryl methyl sites for hydroxylation is 1. The zero-order valence-electron chi connectivity index (χ0n) is 18.2. The molecule has 5 rings (SSSR count). The summed E-state index contributed by atoms with van der Waals surface area (Å²) in [5, 5.41) is 3.59. The Bertz CT molecular complexity index is 1390. The van der Waals surface area contributed by atoms with Gasteiger partial charge in [0.15, 0.2) is 5.13 Å². The summed E-state index contributed by atoms with van der Waals surface area (Å²) >= 11 is 1.49. The minimum Gasteiger partial charge on any atom is -0.298 e. The molecule has 0 aliphatic carbocycles. The van der Waals surface area contributed by atoms with Gasteiger partial charge in [-0.3, -0.25) is 10.1 Å². The summed E-state index contributed by atoms with van der Waals surface area (Å²) in [4.78, 5) is 18.7. The quantitative estimate of drug-likeness (QED) is 0.300. The molecule has 5 aromatic rings. The molecule has 33 heavy (non-hydrogen) atoms. The summed E-state index contributed by atoms with van der Waals surface area (Å²) in [6, 6.07) is 36.5. The highest BCUT2D eigenvalue weighted by molar-refractivity contribution is 7.19. The lowest BCUT2D eigenvalue weighted by Crippen LogP contribution is -2.12. The topological polar surface area (TPSA) is 42.0 Å². The highest BCUT2D eigenvalue weighted by Gasteiger charge is 2.18. The summed E-state index contributed by atoms with van der Waals surface area (Å²) in [5.74, 6) is -0.146. The van der Waals surface area contributed by atoms with Crippen LogP contribution in [0.4, 0.5) is 5.13 Å². The van der Waals surface area contributed by atoms with E-state index in [1.54, 1.807) is 0 Å². The van der Waals surface area contributed by atoms with Crippen LogP contribution in [0.25, 0.3) is 32.8 Å². The molecule has 1 heterocycles. The van der Waals surface area contributed by atoms with Crippen LogP contribution in [0.5, 0.6) is 0 Å². The number of nitrogens with zero attached hydrogens (tertiary/aromatic N) is 1. The number of carbonyl (C=O) groups is 1. The number of carbonyl (C=O) groups excluding carboxylic acids is 1. The number of rotatable bonds is 5. The van der Waals surface area contributed by atoms with Gasteiger partial charge in [0, 0.05) is 11.1 Å². The van der Waals surface area contributed by atoms with Crippen LogP contribution in [0.15, 0.2) is 109 Å². The van der Waals surface area contributed by atoms with Gasteiger partial charge in [0.2, 0.25) is 0 Å². The van der Waals surface area contributed by atoms with E-state index in [1.807, 2.05) is 79.7 Å². The zero-order chi connectivity index (χ0) is 22.6. The number of thiazole rings is 1. The van der Waals surface area contributed by atoms with Crippen LogP contribution in [0, 0.1) is 6.92 Å². The van der Waals surface area contributed by atoms with Crippen molar-refractivity contribution >= 4 is 22.4 Å². The van der Waals surface area contributed by atoms with Gasteiger partial charge < -0.3 is 0 Å². The van der Waals surface area contributed by atoms with Crippen molar-refractivity contribution in [2.24, 2.45) is 0 Å². The summed E-state index contributed by atoms with van der Waals surface area (Å²) in [7, 11) is 0. The van der Waals surface area contributed by atoms with E-state index >= 15 is 0 Å². The lowest BCUT2D eigenvalue weighted by Gasteiger charge is -2.05. The number of nitrogens with one attached hydrogen (secondary N) is 1. The van der Waals surface area contributed by atoms with Crippen molar-refractivity contribution in [1.82, 2.24) is 4.98 Å². The van der Waals surface area contributed by atoms with Crippen molar-refractivity contribution in [2.75, 3.05) is 5.32 Å². The van der Waals surface area contributed by atoms with Gasteiger partial charge >= 0.3 is 0 Å². The monoisotopic (exact) mass is 446 g/mol. The van der Waals surface area contributed by atoms with E-state index in [9.17, 15) is 4.79 Å². The lowest BCUT2D eigenvalue weighted by atomic mass is 10.0. The number of amides is 1. The van der Waals surface area contributed by atoms with E-state index in [-0.39, 0.29) is 5.91 Å². The SMILES string of the molecule is Cc1ccccc1C(=O)Nc1nc(-c2ccccc2)c(-c2ccc(-c3ccccc3)cc2)s1. The molecule has 3 nitrogen and oxygen atoms in total. The van der Waals surface area contributed by atoms with E-state index in [0.717, 1.165) is 27.3 Å². The van der Waals surface area contributed by atoms with Gasteiger partial charge in [0.25, 0.3) is 5.91 Å². The summed E-state index contributed by atoms with van der Waals surface area (Å²) < 4.78 is 0. The summed E-state index contributed by atoms with van der Waals surface area (Å²) in [6.45, 7) is 1.94. The van der Waals surface area contributed by atoms with Crippen molar-refractivity contribution < 1.29 is 4.79 Å². The molecule has 0 spiro atoms. The predicted molar refractivity (Wildman–Crippen MR) is 138 cm³/mol. The van der Waals surface area contributed by atoms with Crippen molar-refractivity contribution in [3.05, 3.63) is 120 Å².